The number of hydrogen-bond acceptors (Lipinski definition) is 6. The second-order valence-electron chi connectivity index (χ2n) is 5.14. The van der Waals surface area contributed by atoms with Crippen LogP contribution in [0.25, 0.3) is 0 Å². The largest absolute Gasteiger partial charge is 0.464 e. The van der Waals surface area contributed by atoms with Crippen LogP contribution in [0.5, 0.6) is 0 Å². The minimum atomic E-state index is -3.73. The van der Waals surface area contributed by atoms with E-state index in [0.717, 1.165) is 49.9 Å². The molecule has 0 unspecified atom stereocenters. The van der Waals surface area contributed by atoms with Crippen molar-refractivity contribution in [1.29, 1.82) is 0 Å². The van der Waals surface area contributed by atoms with Crippen molar-refractivity contribution in [2.45, 2.75) is 55.2 Å². The van der Waals surface area contributed by atoms with Crippen molar-refractivity contribution >= 4 is 27.3 Å². The van der Waals surface area contributed by atoms with Crippen LogP contribution in [-0.2, 0) is 14.8 Å². The van der Waals surface area contributed by atoms with Crippen LogP contribution in [0, 0.1) is 0 Å². The van der Waals surface area contributed by atoms with Crippen molar-refractivity contribution in [1.82, 2.24) is 9.71 Å². The van der Waals surface area contributed by atoms with Crippen LogP contribution < -0.4 is 4.72 Å². The van der Waals surface area contributed by atoms with Crippen molar-refractivity contribution in [2.75, 3.05) is 7.11 Å². The van der Waals surface area contributed by atoms with E-state index in [4.69, 9.17) is 0 Å². The van der Waals surface area contributed by atoms with E-state index < -0.39 is 16.0 Å². The number of nitrogens with one attached hydrogen (secondary N) is 1. The highest BCUT2D eigenvalue weighted by molar-refractivity contribution is 7.91. The standard InChI is InChI=1S/C13H20N2O4S2/c1-19-12(16)11-13(20-9-14-11)21(17,18)15-10-7-5-3-2-4-6-8-10/h9-10,15H,2-8H2,1H3. The maximum Gasteiger partial charge on any atom is 0.358 e. The molecule has 0 amide bonds. The summed E-state index contributed by atoms with van der Waals surface area (Å²) in [6.07, 6.45) is 7.25. The van der Waals surface area contributed by atoms with Crippen molar-refractivity contribution in [3.63, 3.8) is 0 Å². The third kappa shape index (κ3) is 4.24. The lowest BCUT2D eigenvalue weighted by Gasteiger charge is -2.20. The maximum atomic E-state index is 12.5. The van der Waals surface area contributed by atoms with Gasteiger partial charge in [0.15, 0.2) is 9.90 Å². The molecule has 1 saturated carbocycles. The van der Waals surface area contributed by atoms with Crippen LogP contribution >= 0.6 is 11.3 Å². The van der Waals surface area contributed by atoms with Gasteiger partial charge in [-0.15, -0.1) is 11.3 Å². The Morgan fingerprint density at radius 1 is 1.29 bits per heavy atom. The molecule has 0 bridgehead atoms. The van der Waals surface area contributed by atoms with E-state index in [1.807, 2.05) is 0 Å². The average molecular weight is 332 g/mol. The number of aromatic nitrogens is 1. The predicted octanol–water partition coefficient (Wildman–Crippen LogP) is 2.32. The van der Waals surface area contributed by atoms with E-state index in [1.54, 1.807) is 0 Å². The van der Waals surface area contributed by atoms with Crippen LogP contribution in [0.2, 0.25) is 0 Å². The number of hydrogen-bond donors (Lipinski definition) is 1. The third-order valence-electron chi connectivity index (χ3n) is 3.58. The highest BCUT2D eigenvalue weighted by atomic mass is 32.2. The highest BCUT2D eigenvalue weighted by Gasteiger charge is 2.28. The van der Waals surface area contributed by atoms with Gasteiger partial charge in [0, 0.05) is 6.04 Å². The summed E-state index contributed by atoms with van der Waals surface area (Å²) >= 11 is 0.936. The second kappa shape index (κ2) is 7.33. The van der Waals surface area contributed by atoms with Gasteiger partial charge in [-0.1, -0.05) is 32.1 Å². The Bertz CT molecular complexity index is 575. The monoisotopic (exact) mass is 332 g/mol. The molecule has 1 heterocycles. The molecule has 1 N–H and O–H groups in total. The zero-order chi connectivity index (χ0) is 15.3. The summed E-state index contributed by atoms with van der Waals surface area (Å²) < 4.78 is 32.1. The van der Waals surface area contributed by atoms with E-state index in [9.17, 15) is 13.2 Å². The number of thiazole rings is 1. The third-order valence-corrected chi connectivity index (χ3v) is 6.47. The molecule has 0 atom stereocenters. The van der Waals surface area contributed by atoms with Crippen LogP contribution in [0.1, 0.15) is 55.4 Å². The Morgan fingerprint density at radius 3 is 2.52 bits per heavy atom. The summed E-state index contributed by atoms with van der Waals surface area (Å²) in [7, 11) is -2.52. The summed E-state index contributed by atoms with van der Waals surface area (Å²) in [5.41, 5.74) is 1.21. The van der Waals surface area contributed by atoms with E-state index in [0.29, 0.717) is 0 Å². The normalized spacial score (nSPS) is 18.0. The van der Waals surface area contributed by atoms with Crippen LogP contribution in [0.4, 0.5) is 0 Å². The van der Waals surface area contributed by atoms with Gasteiger partial charge < -0.3 is 4.74 Å². The number of nitrogens with zero attached hydrogens (tertiary/aromatic N) is 1. The van der Waals surface area contributed by atoms with Gasteiger partial charge in [-0.3, -0.25) is 0 Å². The zero-order valence-electron chi connectivity index (χ0n) is 12.0. The summed E-state index contributed by atoms with van der Waals surface area (Å²) in [4.78, 5) is 15.4. The summed E-state index contributed by atoms with van der Waals surface area (Å²) in [5, 5.41) is 0. The Labute approximate surface area is 129 Å². The van der Waals surface area contributed by atoms with Gasteiger partial charge >= 0.3 is 5.97 Å². The van der Waals surface area contributed by atoms with Crippen LogP contribution in [-0.4, -0.2) is 32.5 Å². The fraction of sp³-hybridized carbons (Fsp3) is 0.692. The highest BCUT2D eigenvalue weighted by Crippen LogP contribution is 2.23. The first kappa shape index (κ1) is 16.4. The Hall–Kier alpha value is -0.990. The molecule has 0 radical (unpaired) electrons. The van der Waals surface area contributed by atoms with Crippen molar-refractivity contribution in [3.05, 3.63) is 11.2 Å². The van der Waals surface area contributed by atoms with E-state index in [-0.39, 0.29) is 15.9 Å². The average Bonchev–Trinajstić information content (AvgIpc) is 2.91. The van der Waals surface area contributed by atoms with Gasteiger partial charge in [0.25, 0.3) is 10.0 Å². The first-order valence-electron chi connectivity index (χ1n) is 7.08. The van der Waals surface area contributed by atoms with E-state index in [2.05, 4.69) is 14.4 Å². The number of sulfonamides is 1. The van der Waals surface area contributed by atoms with Crippen LogP contribution in [0.15, 0.2) is 9.72 Å². The van der Waals surface area contributed by atoms with Crippen LogP contribution in [0.3, 0.4) is 0 Å². The SMILES string of the molecule is COC(=O)c1ncsc1S(=O)(=O)NC1CCCCCCC1. The quantitative estimate of drug-likeness (QED) is 0.855. The number of ether oxygens (including phenoxy) is 1. The minimum absolute atomic E-state index is 0.0589. The molecule has 6 nitrogen and oxygen atoms in total. The molecule has 1 aliphatic carbocycles. The first-order chi connectivity index (χ1) is 10.0. The van der Waals surface area contributed by atoms with Gasteiger partial charge in [0.1, 0.15) is 0 Å². The fourth-order valence-corrected chi connectivity index (χ4v) is 4.96. The van der Waals surface area contributed by atoms with E-state index >= 15 is 0 Å². The molecule has 1 aromatic heterocycles. The van der Waals surface area contributed by atoms with Crippen molar-refractivity contribution in [3.8, 4) is 0 Å². The Kier molecular flexibility index (Phi) is 5.72. The van der Waals surface area contributed by atoms with Gasteiger partial charge in [-0.2, -0.15) is 0 Å². The molecular weight excluding hydrogens is 312 g/mol. The molecule has 118 valence electrons. The maximum absolute atomic E-state index is 12.5. The Morgan fingerprint density at radius 2 is 1.90 bits per heavy atom. The van der Waals surface area contributed by atoms with Gasteiger partial charge in [0.05, 0.1) is 12.6 Å². The summed E-state index contributed by atoms with van der Waals surface area (Å²) in [6.45, 7) is 0. The molecule has 0 saturated heterocycles. The van der Waals surface area contributed by atoms with Gasteiger partial charge in [-0.25, -0.2) is 22.9 Å². The molecule has 1 aromatic rings. The number of methoxy groups -OCH3 is 1. The molecule has 8 heteroatoms. The number of carbonyl (C=O) groups is 1. The smallest absolute Gasteiger partial charge is 0.358 e. The zero-order valence-corrected chi connectivity index (χ0v) is 13.6. The molecule has 0 spiro atoms. The van der Waals surface area contributed by atoms with Crippen molar-refractivity contribution < 1.29 is 17.9 Å². The van der Waals surface area contributed by atoms with Gasteiger partial charge in [0.2, 0.25) is 0 Å². The molecule has 0 aliphatic heterocycles. The topological polar surface area (TPSA) is 85.4 Å². The Balaban J connectivity index is 2.14. The summed E-state index contributed by atoms with van der Waals surface area (Å²) in [5.74, 6) is -0.728. The predicted molar refractivity (Wildman–Crippen MR) is 79.9 cm³/mol. The molecule has 21 heavy (non-hydrogen) atoms. The molecule has 1 aliphatic rings. The lowest BCUT2D eigenvalue weighted by molar-refractivity contribution is 0.0590. The molecule has 0 aromatic carbocycles. The molecule has 1 fully saturated rings. The number of rotatable bonds is 4. The summed E-state index contributed by atoms with van der Waals surface area (Å²) in [6, 6.07) is -0.0668. The number of esters is 1. The second-order valence-corrected chi connectivity index (χ2v) is 7.91. The van der Waals surface area contributed by atoms with Gasteiger partial charge in [-0.05, 0) is 12.8 Å². The lowest BCUT2D eigenvalue weighted by atomic mass is 9.97. The molecule has 2 rings (SSSR count). The first-order valence-corrected chi connectivity index (χ1v) is 9.45. The van der Waals surface area contributed by atoms with E-state index in [1.165, 1.54) is 19.0 Å². The number of carbonyl (C=O) groups excluding carboxylic acids is 1. The minimum Gasteiger partial charge on any atom is -0.464 e. The van der Waals surface area contributed by atoms with Crippen molar-refractivity contribution in [2.24, 2.45) is 0 Å². The fourth-order valence-electron chi connectivity index (χ4n) is 2.51. The lowest BCUT2D eigenvalue weighted by Crippen LogP contribution is -2.35. The molecular formula is C13H20N2O4S2.